The second kappa shape index (κ2) is 71.6. The molecule has 0 aliphatic rings. The van der Waals surface area contributed by atoms with Crippen molar-refractivity contribution < 1.29 is 28.6 Å². The average Bonchev–Trinajstić information content (AvgIpc) is 3.49. The lowest BCUT2D eigenvalue weighted by molar-refractivity contribution is -0.167. The van der Waals surface area contributed by atoms with Crippen molar-refractivity contribution in [1.82, 2.24) is 0 Å². The number of allylic oxidation sites excluding steroid dienone is 10. The van der Waals surface area contributed by atoms with Crippen LogP contribution in [-0.2, 0) is 28.6 Å². The molecule has 83 heavy (non-hydrogen) atoms. The van der Waals surface area contributed by atoms with E-state index in [1.54, 1.807) is 0 Å². The van der Waals surface area contributed by atoms with Gasteiger partial charge in [-0.1, -0.05) is 351 Å². The molecule has 0 saturated heterocycles. The maximum Gasteiger partial charge on any atom is 0.306 e. The Hall–Kier alpha value is -2.89. The van der Waals surface area contributed by atoms with Crippen LogP contribution in [0.25, 0.3) is 0 Å². The van der Waals surface area contributed by atoms with E-state index in [9.17, 15) is 14.4 Å². The quantitative estimate of drug-likeness (QED) is 0.0261. The third-order valence-electron chi connectivity index (χ3n) is 16.5. The molecule has 0 N–H and O–H groups in total. The van der Waals surface area contributed by atoms with Crippen molar-refractivity contribution in [3.8, 4) is 0 Å². The molecule has 1 unspecified atom stereocenters. The molecular weight excluding hydrogens is 1020 g/mol. The van der Waals surface area contributed by atoms with Crippen LogP contribution in [-0.4, -0.2) is 37.2 Å². The van der Waals surface area contributed by atoms with Crippen molar-refractivity contribution in [1.29, 1.82) is 0 Å². The maximum absolute atomic E-state index is 13.0. The minimum absolute atomic E-state index is 0.0707. The fourth-order valence-corrected chi connectivity index (χ4v) is 11.0. The molecule has 0 saturated carbocycles. The van der Waals surface area contributed by atoms with Crippen molar-refractivity contribution >= 4 is 17.9 Å². The van der Waals surface area contributed by atoms with Crippen molar-refractivity contribution in [2.75, 3.05) is 13.2 Å². The van der Waals surface area contributed by atoms with E-state index in [2.05, 4.69) is 81.5 Å². The highest BCUT2D eigenvalue weighted by molar-refractivity contribution is 5.71. The van der Waals surface area contributed by atoms with Gasteiger partial charge in [0, 0.05) is 19.3 Å². The van der Waals surface area contributed by atoms with E-state index in [0.29, 0.717) is 19.3 Å². The molecule has 0 aromatic carbocycles. The Morgan fingerprint density at radius 2 is 0.470 bits per heavy atom. The molecule has 0 bridgehead atoms. The van der Waals surface area contributed by atoms with Gasteiger partial charge in [0.25, 0.3) is 0 Å². The number of hydrogen-bond donors (Lipinski definition) is 0. The predicted molar refractivity (Wildman–Crippen MR) is 362 cm³/mol. The second-order valence-electron chi connectivity index (χ2n) is 24.8. The molecule has 6 heteroatoms. The zero-order valence-electron chi connectivity index (χ0n) is 55.7. The predicted octanol–water partition coefficient (Wildman–Crippen LogP) is 25.5. The van der Waals surface area contributed by atoms with Gasteiger partial charge in [-0.2, -0.15) is 0 Å². The number of ether oxygens (including phenoxy) is 3. The molecular formula is C77H140O6. The van der Waals surface area contributed by atoms with E-state index in [1.165, 1.54) is 270 Å². The molecule has 0 amide bonds. The molecule has 1 atom stereocenters. The summed E-state index contributed by atoms with van der Waals surface area (Å²) in [6.07, 6.45) is 92.5. The number of carbonyl (C=O) groups is 3. The largest absolute Gasteiger partial charge is 0.462 e. The molecule has 0 aromatic heterocycles. The highest BCUT2D eigenvalue weighted by Crippen LogP contribution is 2.19. The smallest absolute Gasteiger partial charge is 0.306 e. The first kappa shape index (κ1) is 80.1. The van der Waals surface area contributed by atoms with Gasteiger partial charge < -0.3 is 14.2 Å². The van der Waals surface area contributed by atoms with Gasteiger partial charge in [-0.05, 0) is 83.5 Å². The number of unbranched alkanes of at least 4 members (excludes halogenated alkanes) is 47. The van der Waals surface area contributed by atoms with Crippen molar-refractivity contribution in [2.24, 2.45) is 0 Å². The zero-order chi connectivity index (χ0) is 59.9. The molecule has 0 aromatic rings. The Balaban J connectivity index is 4.29. The summed E-state index contributed by atoms with van der Waals surface area (Å²) in [5, 5.41) is 0. The summed E-state index contributed by atoms with van der Waals surface area (Å²) in [4.78, 5) is 38.5. The van der Waals surface area contributed by atoms with Gasteiger partial charge >= 0.3 is 17.9 Å². The van der Waals surface area contributed by atoms with E-state index in [1.807, 2.05) is 0 Å². The van der Waals surface area contributed by atoms with E-state index < -0.39 is 6.10 Å². The standard InChI is InChI=1S/C77H140O6/c1-4-7-10-13-16-19-22-25-28-31-34-36-37-38-39-40-41-42-44-46-49-52-55-58-61-64-67-70-76(79)82-73-74(72-81-75(78)69-66-63-60-57-54-51-48-45-33-30-27-24-21-18-15-12-9-6-3)83-77(80)71-68-65-62-59-56-53-50-47-43-35-32-29-26-23-20-17-14-11-8-5-2/h7,10,16,19,25,28,30,33-34,36,74H,4-6,8-9,11-15,17-18,20-24,26-27,29,31-32,35,37-73H2,1-3H3/b10-7-,19-16-,28-25-,33-30-,36-34-. The van der Waals surface area contributed by atoms with E-state index >= 15 is 0 Å². The third kappa shape index (κ3) is 69.8. The summed E-state index contributed by atoms with van der Waals surface area (Å²) in [5.74, 6) is -0.846. The summed E-state index contributed by atoms with van der Waals surface area (Å²) >= 11 is 0. The normalized spacial score (nSPS) is 12.4. The monoisotopic (exact) mass is 1160 g/mol. The molecule has 0 aliphatic carbocycles. The lowest BCUT2D eigenvalue weighted by Crippen LogP contribution is -2.30. The number of rotatable bonds is 68. The lowest BCUT2D eigenvalue weighted by atomic mass is 10.0. The van der Waals surface area contributed by atoms with Gasteiger partial charge in [-0.3, -0.25) is 14.4 Å². The summed E-state index contributed by atoms with van der Waals surface area (Å²) in [5.41, 5.74) is 0. The van der Waals surface area contributed by atoms with Crippen LogP contribution >= 0.6 is 0 Å². The van der Waals surface area contributed by atoms with Crippen LogP contribution in [0.4, 0.5) is 0 Å². The Bertz CT molecular complexity index is 1470. The van der Waals surface area contributed by atoms with Crippen LogP contribution in [0.2, 0.25) is 0 Å². The van der Waals surface area contributed by atoms with Gasteiger partial charge in [-0.15, -0.1) is 0 Å². The Morgan fingerprint density at radius 3 is 0.747 bits per heavy atom. The van der Waals surface area contributed by atoms with Crippen LogP contribution < -0.4 is 0 Å². The lowest BCUT2D eigenvalue weighted by Gasteiger charge is -2.18. The Labute approximate surface area is 517 Å². The fourth-order valence-electron chi connectivity index (χ4n) is 11.0. The number of hydrogen-bond acceptors (Lipinski definition) is 6. The molecule has 0 spiro atoms. The fraction of sp³-hybridized carbons (Fsp3) is 0.831. The van der Waals surface area contributed by atoms with Crippen LogP contribution in [0.5, 0.6) is 0 Å². The van der Waals surface area contributed by atoms with Gasteiger partial charge in [0.2, 0.25) is 0 Å². The molecule has 0 aliphatic heterocycles. The molecule has 6 nitrogen and oxygen atoms in total. The van der Waals surface area contributed by atoms with E-state index in [4.69, 9.17) is 14.2 Å². The minimum atomic E-state index is -0.775. The Kier molecular flexibility index (Phi) is 69.1. The van der Waals surface area contributed by atoms with Crippen molar-refractivity contribution in [3.05, 3.63) is 60.8 Å². The number of esters is 3. The first-order valence-corrected chi connectivity index (χ1v) is 36.8. The topological polar surface area (TPSA) is 78.9 Å². The van der Waals surface area contributed by atoms with Gasteiger partial charge in [-0.25, -0.2) is 0 Å². The highest BCUT2D eigenvalue weighted by atomic mass is 16.6. The summed E-state index contributed by atoms with van der Waals surface area (Å²) in [6, 6.07) is 0. The summed E-state index contributed by atoms with van der Waals surface area (Å²) < 4.78 is 17.0. The van der Waals surface area contributed by atoms with E-state index in [0.717, 1.165) is 83.5 Å². The molecule has 0 fully saturated rings. The Morgan fingerprint density at radius 1 is 0.253 bits per heavy atom. The average molecular weight is 1160 g/mol. The summed E-state index contributed by atoms with van der Waals surface area (Å²) in [7, 11) is 0. The molecule has 0 radical (unpaired) electrons. The molecule has 484 valence electrons. The van der Waals surface area contributed by atoms with Gasteiger partial charge in [0.1, 0.15) is 13.2 Å². The van der Waals surface area contributed by atoms with Gasteiger partial charge in [0.05, 0.1) is 0 Å². The minimum Gasteiger partial charge on any atom is -0.462 e. The van der Waals surface area contributed by atoms with E-state index in [-0.39, 0.29) is 31.1 Å². The van der Waals surface area contributed by atoms with Crippen LogP contribution in [0.3, 0.4) is 0 Å². The second-order valence-corrected chi connectivity index (χ2v) is 24.8. The number of carbonyl (C=O) groups excluding carboxylic acids is 3. The van der Waals surface area contributed by atoms with Crippen LogP contribution in [0.15, 0.2) is 60.8 Å². The highest BCUT2D eigenvalue weighted by Gasteiger charge is 2.19. The van der Waals surface area contributed by atoms with Crippen molar-refractivity contribution in [2.45, 2.75) is 399 Å². The first-order valence-electron chi connectivity index (χ1n) is 36.8. The molecule has 0 heterocycles. The third-order valence-corrected chi connectivity index (χ3v) is 16.5. The van der Waals surface area contributed by atoms with Crippen LogP contribution in [0.1, 0.15) is 393 Å². The van der Waals surface area contributed by atoms with Gasteiger partial charge in [0.15, 0.2) is 6.10 Å². The SMILES string of the molecule is CC/C=C\C/C=C\C/C=C\C/C=C\CCCCCCCCCCCCCCCCC(=O)OCC(COC(=O)CCCCCCCCC/C=C\CCCCCCCCC)OC(=O)CCCCCCCCCCCCCCCCCCCCCC. The first-order chi connectivity index (χ1) is 41.0. The van der Waals surface area contributed by atoms with Crippen molar-refractivity contribution in [3.63, 3.8) is 0 Å². The maximum atomic E-state index is 13.0. The summed E-state index contributed by atoms with van der Waals surface area (Å²) in [6.45, 7) is 6.60. The van der Waals surface area contributed by atoms with Crippen LogP contribution in [0, 0.1) is 0 Å². The molecule has 0 rings (SSSR count). The zero-order valence-corrected chi connectivity index (χ0v) is 55.7.